The molecular weight excluding hydrogens is 453 g/mol. The highest BCUT2D eigenvalue weighted by Gasteiger charge is 2.27. The molecule has 1 aliphatic heterocycles. The summed E-state index contributed by atoms with van der Waals surface area (Å²) in [5.41, 5.74) is 5.02. The summed E-state index contributed by atoms with van der Waals surface area (Å²) in [5.74, 6) is 1.19. The quantitative estimate of drug-likeness (QED) is 0.440. The van der Waals surface area contributed by atoms with Crippen molar-refractivity contribution in [1.29, 1.82) is 0 Å². The van der Waals surface area contributed by atoms with E-state index in [-0.39, 0.29) is 5.82 Å². The van der Waals surface area contributed by atoms with Crippen molar-refractivity contribution in [2.75, 3.05) is 37.6 Å². The lowest BCUT2D eigenvalue weighted by molar-refractivity contribution is 0.183. The minimum absolute atomic E-state index is 0.248. The molecule has 0 saturated carbocycles. The van der Waals surface area contributed by atoms with Crippen LogP contribution in [-0.4, -0.2) is 63.5 Å². The highest BCUT2D eigenvalue weighted by atomic mass is 19.1. The average molecular weight is 494 g/mol. The fourth-order valence-electron chi connectivity index (χ4n) is 4.95. The zero-order valence-electron chi connectivity index (χ0n) is 22.3. The molecule has 0 bridgehead atoms. The molecule has 1 saturated heterocycles. The number of halogens is 1. The normalized spacial score (nSPS) is 15.6. The number of aryl methyl sites for hydroxylation is 2. The maximum atomic E-state index is 13.7. The zero-order chi connectivity index (χ0) is 25.8. The van der Waals surface area contributed by atoms with E-state index >= 15 is 0 Å². The van der Waals surface area contributed by atoms with Crippen molar-refractivity contribution in [3.05, 3.63) is 70.7 Å². The van der Waals surface area contributed by atoms with Crippen LogP contribution in [0.3, 0.4) is 0 Å². The maximum Gasteiger partial charge on any atom is 0.137 e. The Kier molecular flexibility index (Phi) is 8.32. The fourth-order valence-corrected chi connectivity index (χ4v) is 4.95. The smallest absolute Gasteiger partial charge is 0.137 e. The SMILES string of the molecule is CCC(C)N(Cc1ccc(C)cc1O)Cc1c(C)nn(-c2ccc(F)cc2)c1N1CCN(CC)CC1. The lowest BCUT2D eigenvalue weighted by Gasteiger charge is -2.37. The lowest BCUT2D eigenvalue weighted by atomic mass is 10.1. The molecule has 1 aliphatic rings. The first-order valence-electron chi connectivity index (χ1n) is 13.1. The number of aromatic hydroxyl groups is 1. The van der Waals surface area contributed by atoms with Crippen LogP contribution in [0.4, 0.5) is 10.2 Å². The number of rotatable bonds is 9. The number of likely N-dealkylation sites (N-methyl/N-ethyl adjacent to an activating group) is 1. The summed E-state index contributed by atoms with van der Waals surface area (Å²) >= 11 is 0. The number of anilines is 1. The van der Waals surface area contributed by atoms with Gasteiger partial charge in [-0.15, -0.1) is 0 Å². The summed E-state index contributed by atoms with van der Waals surface area (Å²) in [6.45, 7) is 17.0. The molecule has 2 heterocycles. The Morgan fingerprint density at radius 2 is 1.69 bits per heavy atom. The molecule has 2 aromatic carbocycles. The van der Waals surface area contributed by atoms with Gasteiger partial charge < -0.3 is 14.9 Å². The van der Waals surface area contributed by atoms with Crippen LogP contribution in [0, 0.1) is 19.7 Å². The third-order valence-corrected chi connectivity index (χ3v) is 7.54. The van der Waals surface area contributed by atoms with Crippen molar-refractivity contribution in [2.24, 2.45) is 0 Å². The van der Waals surface area contributed by atoms with Crippen LogP contribution in [0.5, 0.6) is 5.75 Å². The number of benzene rings is 2. The van der Waals surface area contributed by atoms with Crippen LogP contribution in [0.25, 0.3) is 5.69 Å². The van der Waals surface area contributed by atoms with E-state index in [1.165, 1.54) is 17.7 Å². The van der Waals surface area contributed by atoms with E-state index in [0.29, 0.717) is 18.3 Å². The molecule has 36 heavy (non-hydrogen) atoms. The van der Waals surface area contributed by atoms with Crippen LogP contribution in [-0.2, 0) is 13.1 Å². The van der Waals surface area contributed by atoms with Gasteiger partial charge >= 0.3 is 0 Å². The molecule has 0 spiro atoms. The topological polar surface area (TPSA) is 47.8 Å². The van der Waals surface area contributed by atoms with Gasteiger partial charge in [0.2, 0.25) is 0 Å². The van der Waals surface area contributed by atoms with Crippen LogP contribution in [0.1, 0.15) is 49.6 Å². The van der Waals surface area contributed by atoms with Crippen molar-refractivity contribution in [1.82, 2.24) is 19.6 Å². The first-order valence-corrected chi connectivity index (χ1v) is 13.1. The third kappa shape index (κ3) is 5.73. The van der Waals surface area contributed by atoms with E-state index in [4.69, 9.17) is 5.10 Å². The second-order valence-corrected chi connectivity index (χ2v) is 9.99. The van der Waals surface area contributed by atoms with E-state index in [1.54, 1.807) is 12.1 Å². The Morgan fingerprint density at radius 1 is 1.00 bits per heavy atom. The summed E-state index contributed by atoms with van der Waals surface area (Å²) < 4.78 is 15.7. The largest absolute Gasteiger partial charge is 0.508 e. The summed E-state index contributed by atoms with van der Waals surface area (Å²) in [6, 6.07) is 12.8. The molecule has 6 nitrogen and oxygen atoms in total. The van der Waals surface area contributed by atoms with E-state index < -0.39 is 0 Å². The second-order valence-electron chi connectivity index (χ2n) is 9.99. The molecule has 1 N–H and O–H groups in total. The fraction of sp³-hybridized carbons (Fsp3) is 0.483. The number of phenols is 1. The van der Waals surface area contributed by atoms with Crippen molar-refractivity contribution in [2.45, 2.75) is 60.2 Å². The molecular formula is C29H40FN5O. The average Bonchev–Trinajstić information content (AvgIpc) is 3.20. The number of nitrogens with zero attached hydrogens (tertiary/aromatic N) is 5. The van der Waals surface area contributed by atoms with Crippen LogP contribution in [0.15, 0.2) is 42.5 Å². The molecule has 0 amide bonds. The maximum absolute atomic E-state index is 13.7. The van der Waals surface area contributed by atoms with Gasteiger partial charge in [0.15, 0.2) is 0 Å². The highest BCUT2D eigenvalue weighted by molar-refractivity contribution is 5.56. The predicted octanol–water partition coefficient (Wildman–Crippen LogP) is 5.28. The highest BCUT2D eigenvalue weighted by Crippen LogP contribution is 2.32. The number of phenolic OH excluding ortho intramolecular Hbond substituents is 1. The van der Waals surface area contributed by atoms with Gasteiger partial charge in [-0.3, -0.25) is 4.90 Å². The minimum atomic E-state index is -0.248. The second kappa shape index (κ2) is 11.4. The number of piperazine rings is 1. The van der Waals surface area contributed by atoms with Gasteiger partial charge in [0, 0.05) is 56.4 Å². The molecule has 1 atom stereocenters. The Labute approximate surface area is 214 Å². The van der Waals surface area contributed by atoms with Gasteiger partial charge in [0.1, 0.15) is 17.4 Å². The molecule has 0 aliphatic carbocycles. The molecule has 0 radical (unpaired) electrons. The third-order valence-electron chi connectivity index (χ3n) is 7.54. The van der Waals surface area contributed by atoms with Gasteiger partial charge in [0.05, 0.1) is 11.4 Å². The van der Waals surface area contributed by atoms with Gasteiger partial charge in [0.25, 0.3) is 0 Å². The van der Waals surface area contributed by atoms with Crippen LogP contribution in [0.2, 0.25) is 0 Å². The van der Waals surface area contributed by atoms with Gasteiger partial charge in [-0.25, -0.2) is 9.07 Å². The Balaban J connectivity index is 1.73. The van der Waals surface area contributed by atoms with Gasteiger partial charge in [-0.1, -0.05) is 26.0 Å². The summed E-state index contributed by atoms with van der Waals surface area (Å²) in [5, 5.41) is 15.6. The molecule has 3 aromatic rings. The number of aromatic nitrogens is 2. The van der Waals surface area contributed by atoms with Crippen LogP contribution >= 0.6 is 0 Å². The molecule has 194 valence electrons. The standard InChI is InChI=1S/C29H40FN5O/c1-6-22(4)34(19-24-9-8-21(3)18-28(24)36)20-27-23(5)31-35(26-12-10-25(30)11-13-26)29(27)33-16-14-32(7-2)15-17-33/h8-13,18,22,36H,6-7,14-17,19-20H2,1-5H3. The molecule has 7 heteroatoms. The van der Waals surface area contributed by atoms with E-state index in [9.17, 15) is 9.50 Å². The zero-order valence-corrected chi connectivity index (χ0v) is 22.3. The number of hydrogen-bond donors (Lipinski definition) is 1. The van der Waals surface area contributed by atoms with Gasteiger partial charge in [-0.05, 0) is 69.6 Å². The number of hydrogen-bond acceptors (Lipinski definition) is 5. The first kappa shape index (κ1) is 26.2. The molecule has 1 unspecified atom stereocenters. The Morgan fingerprint density at radius 3 is 2.31 bits per heavy atom. The molecule has 1 fully saturated rings. The Hall–Kier alpha value is -2.90. The van der Waals surface area contributed by atoms with E-state index in [2.05, 4.69) is 48.5 Å². The Bertz CT molecular complexity index is 1150. The predicted molar refractivity (Wildman–Crippen MR) is 144 cm³/mol. The van der Waals surface area contributed by atoms with Crippen molar-refractivity contribution < 1.29 is 9.50 Å². The van der Waals surface area contributed by atoms with Gasteiger partial charge in [-0.2, -0.15) is 5.10 Å². The molecule has 1 aromatic heterocycles. The first-order chi connectivity index (χ1) is 17.3. The van der Waals surface area contributed by atoms with E-state index in [1.807, 2.05) is 23.7 Å². The summed E-state index contributed by atoms with van der Waals surface area (Å²) in [6.07, 6.45) is 1.00. The summed E-state index contributed by atoms with van der Waals surface area (Å²) in [4.78, 5) is 7.32. The van der Waals surface area contributed by atoms with Crippen molar-refractivity contribution >= 4 is 5.82 Å². The van der Waals surface area contributed by atoms with Crippen molar-refractivity contribution in [3.63, 3.8) is 0 Å². The van der Waals surface area contributed by atoms with Crippen LogP contribution < -0.4 is 4.90 Å². The van der Waals surface area contributed by atoms with Crippen molar-refractivity contribution in [3.8, 4) is 11.4 Å². The summed E-state index contributed by atoms with van der Waals surface area (Å²) in [7, 11) is 0. The lowest BCUT2D eigenvalue weighted by Crippen LogP contribution is -2.47. The molecule has 4 rings (SSSR count). The van der Waals surface area contributed by atoms with E-state index in [0.717, 1.165) is 74.0 Å². The minimum Gasteiger partial charge on any atom is -0.508 e. The monoisotopic (exact) mass is 493 g/mol.